The quantitative estimate of drug-likeness (QED) is 0.325. The normalized spacial score (nSPS) is 22.3. The first kappa shape index (κ1) is 22.9. The molecule has 2 aliphatic rings. The standard InChI is InChI=1S/C18H35N3O3.HI/c1-19-16(21-15-18(23-3)9-12-24-13-10-18)20-14-17(8-11-22-2)6-4-5-7-17;/h4-15H2,1-3H3,(H2,19,20,21);1H. The lowest BCUT2D eigenvalue weighted by Crippen LogP contribution is -2.52. The number of rotatable bonds is 8. The lowest BCUT2D eigenvalue weighted by Gasteiger charge is -2.36. The average Bonchev–Trinajstić information content (AvgIpc) is 3.10. The van der Waals surface area contributed by atoms with E-state index in [2.05, 4.69) is 15.6 Å². The predicted octanol–water partition coefficient (Wildman–Crippen LogP) is 2.56. The summed E-state index contributed by atoms with van der Waals surface area (Å²) in [5.74, 6) is 0.863. The Bertz CT molecular complexity index is 395. The molecule has 1 aliphatic carbocycles. The fraction of sp³-hybridized carbons (Fsp3) is 0.944. The van der Waals surface area contributed by atoms with E-state index < -0.39 is 0 Å². The fourth-order valence-electron chi connectivity index (χ4n) is 3.89. The second-order valence-electron chi connectivity index (χ2n) is 7.23. The van der Waals surface area contributed by atoms with Gasteiger partial charge in [-0.15, -0.1) is 24.0 Å². The summed E-state index contributed by atoms with van der Waals surface area (Å²) in [5.41, 5.74) is 0.211. The molecule has 0 atom stereocenters. The molecule has 1 aliphatic heterocycles. The van der Waals surface area contributed by atoms with Crippen LogP contribution in [0.5, 0.6) is 0 Å². The summed E-state index contributed by atoms with van der Waals surface area (Å²) in [6, 6.07) is 0. The van der Waals surface area contributed by atoms with E-state index in [9.17, 15) is 0 Å². The molecule has 1 saturated heterocycles. The highest BCUT2D eigenvalue weighted by Crippen LogP contribution is 2.40. The molecule has 0 aromatic carbocycles. The molecule has 148 valence electrons. The van der Waals surface area contributed by atoms with E-state index in [1.165, 1.54) is 25.7 Å². The second kappa shape index (κ2) is 11.6. The third-order valence-corrected chi connectivity index (χ3v) is 5.77. The summed E-state index contributed by atoms with van der Waals surface area (Å²) in [5, 5.41) is 6.99. The van der Waals surface area contributed by atoms with Gasteiger partial charge < -0.3 is 24.8 Å². The molecule has 7 heteroatoms. The average molecular weight is 469 g/mol. The molecule has 0 radical (unpaired) electrons. The largest absolute Gasteiger partial charge is 0.385 e. The Labute approximate surface area is 169 Å². The number of guanidine groups is 1. The number of aliphatic imine (C=N–C) groups is 1. The highest BCUT2D eigenvalue weighted by atomic mass is 127. The first-order chi connectivity index (χ1) is 11.7. The van der Waals surface area contributed by atoms with Gasteiger partial charge in [-0.1, -0.05) is 12.8 Å². The van der Waals surface area contributed by atoms with Gasteiger partial charge in [-0.05, 0) is 24.7 Å². The van der Waals surface area contributed by atoms with Crippen LogP contribution in [0.15, 0.2) is 4.99 Å². The van der Waals surface area contributed by atoms with Gasteiger partial charge in [0, 0.05) is 67.0 Å². The molecule has 0 unspecified atom stereocenters. The Kier molecular flexibility index (Phi) is 10.6. The van der Waals surface area contributed by atoms with Gasteiger partial charge in [0.15, 0.2) is 5.96 Å². The number of ether oxygens (including phenoxy) is 3. The minimum absolute atomic E-state index is 0. The van der Waals surface area contributed by atoms with E-state index in [0.29, 0.717) is 5.41 Å². The molecule has 25 heavy (non-hydrogen) atoms. The number of nitrogens with zero attached hydrogens (tertiary/aromatic N) is 1. The molecule has 1 heterocycles. The van der Waals surface area contributed by atoms with E-state index in [0.717, 1.165) is 58.1 Å². The number of hydrogen-bond acceptors (Lipinski definition) is 4. The summed E-state index contributed by atoms with van der Waals surface area (Å²) in [6.45, 7) is 4.08. The molecule has 0 spiro atoms. The lowest BCUT2D eigenvalue weighted by molar-refractivity contribution is -0.0855. The monoisotopic (exact) mass is 469 g/mol. The number of halogens is 1. The first-order valence-corrected chi connectivity index (χ1v) is 9.24. The summed E-state index contributed by atoms with van der Waals surface area (Å²) in [7, 11) is 5.41. The minimum Gasteiger partial charge on any atom is -0.385 e. The Morgan fingerprint density at radius 3 is 2.24 bits per heavy atom. The predicted molar refractivity (Wildman–Crippen MR) is 112 cm³/mol. The third kappa shape index (κ3) is 6.84. The van der Waals surface area contributed by atoms with E-state index in [1.807, 2.05) is 7.05 Å². The maximum atomic E-state index is 5.78. The smallest absolute Gasteiger partial charge is 0.191 e. The Morgan fingerprint density at radius 2 is 1.68 bits per heavy atom. The molecular weight excluding hydrogens is 433 g/mol. The van der Waals surface area contributed by atoms with Gasteiger partial charge in [0.25, 0.3) is 0 Å². The molecule has 6 nitrogen and oxygen atoms in total. The van der Waals surface area contributed by atoms with E-state index in [-0.39, 0.29) is 29.6 Å². The Morgan fingerprint density at radius 1 is 1.04 bits per heavy atom. The van der Waals surface area contributed by atoms with Crippen LogP contribution in [0, 0.1) is 5.41 Å². The number of nitrogens with one attached hydrogen (secondary N) is 2. The molecule has 0 bridgehead atoms. The van der Waals surface area contributed by atoms with Crippen molar-refractivity contribution in [3.05, 3.63) is 0 Å². The zero-order valence-corrected chi connectivity index (χ0v) is 18.4. The van der Waals surface area contributed by atoms with Crippen LogP contribution in [0.1, 0.15) is 44.9 Å². The molecule has 2 fully saturated rings. The highest BCUT2D eigenvalue weighted by molar-refractivity contribution is 14.0. The van der Waals surface area contributed by atoms with Gasteiger partial charge in [0.1, 0.15) is 0 Å². The third-order valence-electron chi connectivity index (χ3n) is 5.77. The van der Waals surface area contributed by atoms with Gasteiger partial charge >= 0.3 is 0 Å². The molecule has 2 rings (SSSR count). The van der Waals surface area contributed by atoms with Crippen LogP contribution in [0.3, 0.4) is 0 Å². The van der Waals surface area contributed by atoms with Crippen LogP contribution >= 0.6 is 24.0 Å². The fourth-order valence-corrected chi connectivity index (χ4v) is 3.89. The van der Waals surface area contributed by atoms with Crippen LogP contribution < -0.4 is 10.6 Å². The van der Waals surface area contributed by atoms with Crippen molar-refractivity contribution >= 4 is 29.9 Å². The zero-order valence-electron chi connectivity index (χ0n) is 16.1. The van der Waals surface area contributed by atoms with E-state index >= 15 is 0 Å². The molecule has 1 saturated carbocycles. The maximum absolute atomic E-state index is 5.78. The second-order valence-corrected chi connectivity index (χ2v) is 7.23. The lowest BCUT2D eigenvalue weighted by atomic mass is 9.83. The van der Waals surface area contributed by atoms with Crippen molar-refractivity contribution in [2.75, 3.05) is 54.2 Å². The summed E-state index contributed by atoms with van der Waals surface area (Å²) < 4.78 is 16.6. The minimum atomic E-state index is -0.142. The summed E-state index contributed by atoms with van der Waals surface area (Å²) >= 11 is 0. The molecule has 0 amide bonds. The van der Waals surface area contributed by atoms with Crippen LogP contribution in [0.25, 0.3) is 0 Å². The molecular formula is C18H36IN3O3. The van der Waals surface area contributed by atoms with E-state index in [1.54, 1.807) is 14.2 Å². The van der Waals surface area contributed by atoms with Crippen molar-refractivity contribution < 1.29 is 14.2 Å². The summed E-state index contributed by atoms with van der Waals surface area (Å²) in [4.78, 5) is 4.39. The van der Waals surface area contributed by atoms with Crippen LogP contribution in [-0.4, -0.2) is 65.7 Å². The van der Waals surface area contributed by atoms with Gasteiger partial charge in [0.05, 0.1) is 5.60 Å². The van der Waals surface area contributed by atoms with Crippen molar-refractivity contribution in [1.82, 2.24) is 10.6 Å². The number of methoxy groups -OCH3 is 2. The van der Waals surface area contributed by atoms with Gasteiger partial charge in [-0.2, -0.15) is 0 Å². The van der Waals surface area contributed by atoms with Crippen molar-refractivity contribution in [1.29, 1.82) is 0 Å². The number of hydrogen-bond donors (Lipinski definition) is 2. The molecule has 2 N–H and O–H groups in total. The highest BCUT2D eigenvalue weighted by Gasteiger charge is 2.35. The van der Waals surface area contributed by atoms with Crippen LogP contribution in [0.4, 0.5) is 0 Å². The van der Waals surface area contributed by atoms with Crippen LogP contribution in [-0.2, 0) is 14.2 Å². The van der Waals surface area contributed by atoms with Gasteiger partial charge in [0.2, 0.25) is 0 Å². The van der Waals surface area contributed by atoms with Crippen LogP contribution in [0.2, 0.25) is 0 Å². The Balaban J connectivity index is 0.00000312. The van der Waals surface area contributed by atoms with Gasteiger partial charge in [-0.3, -0.25) is 4.99 Å². The molecule has 0 aromatic heterocycles. The van der Waals surface area contributed by atoms with Crippen molar-refractivity contribution in [3.63, 3.8) is 0 Å². The zero-order chi connectivity index (χ0) is 17.3. The maximum Gasteiger partial charge on any atom is 0.191 e. The summed E-state index contributed by atoms with van der Waals surface area (Å²) in [6.07, 6.45) is 8.16. The van der Waals surface area contributed by atoms with Crippen molar-refractivity contribution in [2.45, 2.75) is 50.5 Å². The molecule has 0 aromatic rings. The Hall–Kier alpha value is -0.120. The SMILES string of the molecule is CN=C(NCC1(CCOC)CCCC1)NCC1(OC)CCOCC1.I. The van der Waals surface area contributed by atoms with Crippen molar-refractivity contribution in [2.24, 2.45) is 10.4 Å². The van der Waals surface area contributed by atoms with E-state index in [4.69, 9.17) is 14.2 Å². The first-order valence-electron chi connectivity index (χ1n) is 9.24. The van der Waals surface area contributed by atoms with Gasteiger partial charge in [-0.25, -0.2) is 0 Å². The van der Waals surface area contributed by atoms with Crippen molar-refractivity contribution in [3.8, 4) is 0 Å². The topological polar surface area (TPSA) is 64.1 Å².